The lowest BCUT2D eigenvalue weighted by atomic mass is 10.2. The summed E-state index contributed by atoms with van der Waals surface area (Å²) >= 11 is 0. The summed E-state index contributed by atoms with van der Waals surface area (Å²) in [5.74, 6) is 1.71. The van der Waals surface area contributed by atoms with E-state index in [-0.39, 0.29) is 24.0 Å². The van der Waals surface area contributed by atoms with Crippen LogP contribution in [0.4, 0.5) is 0 Å². The van der Waals surface area contributed by atoms with E-state index in [0.29, 0.717) is 19.2 Å². The Bertz CT molecular complexity index is 448. The zero-order chi connectivity index (χ0) is 16.4. The van der Waals surface area contributed by atoms with Gasteiger partial charge in [0.1, 0.15) is 12.4 Å². The van der Waals surface area contributed by atoms with Crippen molar-refractivity contribution in [1.29, 1.82) is 0 Å². The Kier molecular flexibility index (Phi) is 11.9. The van der Waals surface area contributed by atoms with E-state index in [2.05, 4.69) is 60.5 Å². The molecule has 1 rings (SSSR count). The lowest BCUT2D eigenvalue weighted by Crippen LogP contribution is -2.43. The van der Waals surface area contributed by atoms with Crippen molar-refractivity contribution in [3.63, 3.8) is 0 Å². The van der Waals surface area contributed by atoms with Crippen LogP contribution >= 0.6 is 24.0 Å². The van der Waals surface area contributed by atoms with Gasteiger partial charge in [0.25, 0.3) is 0 Å². The van der Waals surface area contributed by atoms with Crippen LogP contribution in [-0.2, 0) is 0 Å². The highest BCUT2D eigenvalue weighted by Crippen LogP contribution is 2.10. The average molecular weight is 434 g/mol. The van der Waals surface area contributed by atoms with Crippen LogP contribution in [0.3, 0.4) is 0 Å². The number of aryl methyl sites for hydroxylation is 1. The van der Waals surface area contributed by atoms with Crippen LogP contribution < -0.4 is 15.4 Å². The number of hydrogen-bond acceptors (Lipinski definition) is 3. The summed E-state index contributed by atoms with van der Waals surface area (Å²) in [4.78, 5) is 6.50. The van der Waals surface area contributed by atoms with Crippen LogP contribution in [0, 0.1) is 6.92 Å². The Labute approximate surface area is 157 Å². The highest BCUT2D eigenvalue weighted by atomic mass is 127. The zero-order valence-electron chi connectivity index (χ0n) is 14.9. The normalized spacial score (nSPS) is 11.3. The average Bonchev–Trinajstić information content (AvgIpc) is 2.51. The van der Waals surface area contributed by atoms with Gasteiger partial charge in [-0.25, -0.2) is 0 Å². The molecule has 2 N–H and O–H groups in total. The molecule has 0 aliphatic rings. The first kappa shape index (κ1) is 22.0. The zero-order valence-corrected chi connectivity index (χ0v) is 17.3. The minimum absolute atomic E-state index is 0. The van der Waals surface area contributed by atoms with E-state index in [0.717, 1.165) is 24.8 Å². The molecule has 0 radical (unpaired) electrons. The maximum atomic E-state index is 5.68. The topological polar surface area (TPSA) is 48.9 Å². The molecular weight excluding hydrogens is 403 g/mol. The van der Waals surface area contributed by atoms with Crippen molar-refractivity contribution in [2.75, 3.05) is 40.3 Å². The molecule has 1 aromatic carbocycles. The van der Waals surface area contributed by atoms with Gasteiger partial charge in [0, 0.05) is 26.2 Å². The molecule has 0 aliphatic heterocycles. The summed E-state index contributed by atoms with van der Waals surface area (Å²) in [5.41, 5.74) is 1.24. The standard InChI is InChI=1S/C17H30N4O.HI/c1-14(2)21(5)12-10-19-17(18-4)20-11-13-22-16-8-6-15(3)7-9-16;/h6-9,14H,10-13H2,1-5H3,(H2,18,19,20);1H. The summed E-state index contributed by atoms with van der Waals surface area (Å²) in [7, 11) is 3.90. The first-order chi connectivity index (χ1) is 10.5. The van der Waals surface area contributed by atoms with E-state index in [9.17, 15) is 0 Å². The summed E-state index contributed by atoms with van der Waals surface area (Å²) in [5, 5.41) is 6.55. The molecule has 0 aromatic heterocycles. The fraction of sp³-hybridized carbons (Fsp3) is 0.588. The van der Waals surface area contributed by atoms with Gasteiger partial charge in [0.15, 0.2) is 5.96 Å². The monoisotopic (exact) mass is 434 g/mol. The number of nitrogens with zero attached hydrogens (tertiary/aromatic N) is 2. The molecule has 23 heavy (non-hydrogen) atoms. The number of halogens is 1. The first-order valence-electron chi connectivity index (χ1n) is 7.87. The van der Waals surface area contributed by atoms with Gasteiger partial charge in [-0.05, 0) is 40.0 Å². The number of likely N-dealkylation sites (N-methyl/N-ethyl adjacent to an activating group) is 1. The Morgan fingerprint density at radius 2 is 1.78 bits per heavy atom. The van der Waals surface area contributed by atoms with Gasteiger partial charge in [0.2, 0.25) is 0 Å². The number of guanidine groups is 1. The number of benzene rings is 1. The lowest BCUT2D eigenvalue weighted by molar-refractivity contribution is 0.278. The van der Waals surface area contributed by atoms with Gasteiger partial charge in [-0.1, -0.05) is 17.7 Å². The quantitative estimate of drug-likeness (QED) is 0.286. The minimum atomic E-state index is 0. The van der Waals surface area contributed by atoms with E-state index < -0.39 is 0 Å². The Balaban J connectivity index is 0.00000484. The van der Waals surface area contributed by atoms with Gasteiger partial charge < -0.3 is 20.3 Å². The van der Waals surface area contributed by atoms with Gasteiger partial charge in [-0.2, -0.15) is 0 Å². The van der Waals surface area contributed by atoms with E-state index in [1.807, 2.05) is 12.1 Å². The van der Waals surface area contributed by atoms with E-state index in [4.69, 9.17) is 4.74 Å². The molecule has 0 unspecified atom stereocenters. The smallest absolute Gasteiger partial charge is 0.191 e. The third kappa shape index (κ3) is 9.65. The highest BCUT2D eigenvalue weighted by molar-refractivity contribution is 14.0. The predicted octanol–water partition coefficient (Wildman–Crippen LogP) is 2.50. The van der Waals surface area contributed by atoms with Crippen molar-refractivity contribution < 1.29 is 4.74 Å². The maximum Gasteiger partial charge on any atom is 0.191 e. The van der Waals surface area contributed by atoms with Gasteiger partial charge in [-0.3, -0.25) is 4.99 Å². The molecule has 0 saturated carbocycles. The number of hydrogen-bond donors (Lipinski definition) is 2. The van der Waals surface area contributed by atoms with Crippen molar-refractivity contribution in [2.24, 2.45) is 4.99 Å². The number of aliphatic imine (C=N–C) groups is 1. The highest BCUT2D eigenvalue weighted by Gasteiger charge is 2.03. The lowest BCUT2D eigenvalue weighted by Gasteiger charge is -2.21. The van der Waals surface area contributed by atoms with E-state index >= 15 is 0 Å². The molecule has 0 fully saturated rings. The molecule has 0 amide bonds. The van der Waals surface area contributed by atoms with E-state index in [1.54, 1.807) is 7.05 Å². The van der Waals surface area contributed by atoms with Gasteiger partial charge in [0.05, 0.1) is 6.54 Å². The largest absolute Gasteiger partial charge is 0.492 e. The number of rotatable bonds is 8. The SMILES string of the molecule is CN=C(NCCOc1ccc(C)cc1)NCCN(C)C(C)C.I. The molecular formula is C17H31IN4O. The number of ether oxygens (including phenoxy) is 1. The number of nitrogens with one attached hydrogen (secondary N) is 2. The van der Waals surface area contributed by atoms with Crippen molar-refractivity contribution >= 4 is 29.9 Å². The molecule has 0 atom stereocenters. The third-order valence-corrected chi connectivity index (χ3v) is 3.55. The molecule has 132 valence electrons. The Morgan fingerprint density at radius 3 is 2.35 bits per heavy atom. The summed E-state index contributed by atoms with van der Waals surface area (Å²) in [6.07, 6.45) is 0. The molecule has 5 nitrogen and oxygen atoms in total. The second-order valence-electron chi connectivity index (χ2n) is 5.66. The molecule has 1 aromatic rings. The second-order valence-corrected chi connectivity index (χ2v) is 5.66. The Morgan fingerprint density at radius 1 is 1.17 bits per heavy atom. The molecule has 0 saturated heterocycles. The fourth-order valence-electron chi connectivity index (χ4n) is 1.80. The van der Waals surface area contributed by atoms with Crippen molar-refractivity contribution in [3.8, 4) is 5.75 Å². The first-order valence-corrected chi connectivity index (χ1v) is 7.87. The molecule has 0 bridgehead atoms. The van der Waals surface area contributed by atoms with Crippen LogP contribution in [-0.4, -0.2) is 57.2 Å². The van der Waals surface area contributed by atoms with Crippen molar-refractivity contribution in [2.45, 2.75) is 26.8 Å². The fourth-order valence-corrected chi connectivity index (χ4v) is 1.80. The minimum Gasteiger partial charge on any atom is -0.492 e. The van der Waals surface area contributed by atoms with Crippen LogP contribution in [0.15, 0.2) is 29.3 Å². The maximum absolute atomic E-state index is 5.68. The summed E-state index contributed by atoms with van der Waals surface area (Å²) in [6.45, 7) is 9.62. The summed E-state index contributed by atoms with van der Waals surface area (Å²) < 4.78 is 5.68. The van der Waals surface area contributed by atoms with Gasteiger partial charge in [-0.15, -0.1) is 24.0 Å². The predicted molar refractivity (Wildman–Crippen MR) is 109 cm³/mol. The van der Waals surface area contributed by atoms with Crippen molar-refractivity contribution in [3.05, 3.63) is 29.8 Å². The Hall–Kier alpha value is -1.02. The second kappa shape index (κ2) is 12.4. The molecule has 0 spiro atoms. The van der Waals surface area contributed by atoms with E-state index in [1.165, 1.54) is 5.56 Å². The molecule has 6 heteroatoms. The van der Waals surface area contributed by atoms with Crippen LogP contribution in [0.1, 0.15) is 19.4 Å². The van der Waals surface area contributed by atoms with Crippen LogP contribution in [0.2, 0.25) is 0 Å². The van der Waals surface area contributed by atoms with Gasteiger partial charge >= 0.3 is 0 Å². The van der Waals surface area contributed by atoms with Crippen LogP contribution in [0.25, 0.3) is 0 Å². The molecule has 0 heterocycles. The summed E-state index contributed by atoms with van der Waals surface area (Å²) in [6, 6.07) is 8.64. The van der Waals surface area contributed by atoms with Crippen LogP contribution in [0.5, 0.6) is 5.75 Å². The van der Waals surface area contributed by atoms with Crippen molar-refractivity contribution in [1.82, 2.24) is 15.5 Å². The third-order valence-electron chi connectivity index (χ3n) is 3.55. The molecule has 0 aliphatic carbocycles.